The molecule has 0 atom stereocenters. The minimum absolute atomic E-state index is 0.181. The number of carbonyl (C=O) groups excluding carboxylic acids is 2. The molecule has 7 nitrogen and oxygen atoms in total. The van der Waals surface area contributed by atoms with Gasteiger partial charge in [-0.25, -0.2) is 4.39 Å². The molecule has 0 fully saturated rings. The highest BCUT2D eigenvalue weighted by Gasteiger charge is 2.13. The summed E-state index contributed by atoms with van der Waals surface area (Å²) in [6.45, 7) is 3.19. The smallest absolute Gasteiger partial charge is 0.258 e. The van der Waals surface area contributed by atoms with E-state index in [1.54, 1.807) is 18.7 Å². The maximum atomic E-state index is 12.7. The Morgan fingerprint density at radius 2 is 1.88 bits per heavy atom. The zero-order valence-corrected chi connectivity index (χ0v) is 13.7. The van der Waals surface area contributed by atoms with E-state index in [-0.39, 0.29) is 24.9 Å². The molecular formula is C16H19FN4O3. The minimum Gasteiger partial charge on any atom is -0.484 e. The van der Waals surface area contributed by atoms with Gasteiger partial charge in [0.05, 0.1) is 23.6 Å². The van der Waals surface area contributed by atoms with Gasteiger partial charge in [-0.2, -0.15) is 5.10 Å². The van der Waals surface area contributed by atoms with Crippen LogP contribution in [0.2, 0.25) is 0 Å². The van der Waals surface area contributed by atoms with Gasteiger partial charge in [0.1, 0.15) is 11.6 Å². The Labute approximate surface area is 138 Å². The molecule has 0 bridgehead atoms. The maximum absolute atomic E-state index is 12.7. The molecule has 24 heavy (non-hydrogen) atoms. The zero-order chi connectivity index (χ0) is 17.7. The fourth-order valence-corrected chi connectivity index (χ4v) is 2.05. The number of aryl methyl sites for hydroxylation is 2. The van der Waals surface area contributed by atoms with Crippen molar-refractivity contribution in [3.8, 4) is 5.75 Å². The van der Waals surface area contributed by atoms with Crippen molar-refractivity contribution in [2.24, 2.45) is 7.05 Å². The molecule has 128 valence electrons. The van der Waals surface area contributed by atoms with Crippen LogP contribution in [0.5, 0.6) is 5.75 Å². The van der Waals surface area contributed by atoms with E-state index in [0.29, 0.717) is 17.1 Å². The van der Waals surface area contributed by atoms with Gasteiger partial charge < -0.3 is 15.4 Å². The maximum Gasteiger partial charge on any atom is 0.258 e. The van der Waals surface area contributed by atoms with Gasteiger partial charge in [-0.3, -0.25) is 14.3 Å². The molecule has 2 amide bonds. The normalized spacial score (nSPS) is 10.3. The molecule has 0 spiro atoms. The number of aromatic nitrogens is 2. The summed E-state index contributed by atoms with van der Waals surface area (Å²) in [7, 11) is 1.78. The van der Waals surface area contributed by atoms with Gasteiger partial charge in [-0.15, -0.1) is 0 Å². The lowest BCUT2D eigenvalue weighted by atomic mass is 10.3. The molecule has 0 aliphatic rings. The van der Waals surface area contributed by atoms with Crippen molar-refractivity contribution in [3.05, 3.63) is 41.5 Å². The van der Waals surface area contributed by atoms with Crippen LogP contribution < -0.4 is 15.4 Å². The van der Waals surface area contributed by atoms with E-state index in [1.165, 1.54) is 24.3 Å². The third-order valence-corrected chi connectivity index (χ3v) is 3.40. The molecule has 0 aliphatic carbocycles. The SMILES string of the molecule is Cc1nn(C)c(C)c1NC(=O)CNC(=O)COc1ccc(F)cc1. The second kappa shape index (κ2) is 7.58. The largest absolute Gasteiger partial charge is 0.484 e. The summed E-state index contributed by atoms with van der Waals surface area (Å²) in [5.74, 6) is -0.819. The van der Waals surface area contributed by atoms with Gasteiger partial charge in [0.2, 0.25) is 5.91 Å². The van der Waals surface area contributed by atoms with Crippen molar-refractivity contribution in [1.29, 1.82) is 0 Å². The lowest BCUT2D eigenvalue weighted by Crippen LogP contribution is -2.35. The molecule has 2 aromatic rings. The molecular weight excluding hydrogens is 315 g/mol. The van der Waals surface area contributed by atoms with E-state index in [9.17, 15) is 14.0 Å². The quantitative estimate of drug-likeness (QED) is 0.834. The number of hydrogen-bond donors (Lipinski definition) is 2. The number of hydrogen-bond acceptors (Lipinski definition) is 4. The third-order valence-electron chi connectivity index (χ3n) is 3.40. The Morgan fingerprint density at radius 1 is 1.21 bits per heavy atom. The molecule has 0 saturated carbocycles. The summed E-state index contributed by atoms with van der Waals surface area (Å²) in [5, 5.41) is 9.36. The van der Waals surface area contributed by atoms with Crippen LogP contribution in [0.15, 0.2) is 24.3 Å². The van der Waals surface area contributed by atoms with E-state index >= 15 is 0 Å². The predicted molar refractivity (Wildman–Crippen MR) is 86.2 cm³/mol. The number of amides is 2. The lowest BCUT2D eigenvalue weighted by Gasteiger charge is -2.08. The van der Waals surface area contributed by atoms with Gasteiger partial charge in [0, 0.05) is 7.05 Å². The van der Waals surface area contributed by atoms with Gasteiger partial charge >= 0.3 is 0 Å². The molecule has 1 aromatic carbocycles. The Bertz CT molecular complexity index is 741. The van der Waals surface area contributed by atoms with Crippen LogP contribution >= 0.6 is 0 Å². The fourth-order valence-electron chi connectivity index (χ4n) is 2.05. The van der Waals surface area contributed by atoms with Crippen LogP contribution in [-0.4, -0.2) is 34.7 Å². The number of nitrogens with zero attached hydrogens (tertiary/aromatic N) is 2. The average Bonchev–Trinajstić information content (AvgIpc) is 2.78. The second-order valence-electron chi connectivity index (χ2n) is 5.24. The van der Waals surface area contributed by atoms with Gasteiger partial charge in [0.25, 0.3) is 5.91 Å². The number of halogens is 1. The Kier molecular flexibility index (Phi) is 5.51. The molecule has 0 unspecified atom stereocenters. The molecule has 8 heteroatoms. The Morgan fingerprint density at radius 3 is 2.46 bits per heavy atom. The average molecular weight is 334 g/mol. The van der Waals surface area contributed by atoms with Crippen molar-refractivity contribution in [2.45, 2.75) is 13.8 Å². The van der Waals surface area contributed by atoms with E-state index in [2.05, 4.69) is 15.7 Å². The highest BCUT2D eigenvalue weighted by Crippen LogP contribution is 2.17. The van der Waals surface area contributed by atoms with Crippen molar-refractivity contribution >= 4 is 17.5 Å². The summed E-state index contributed by atoms with van der Waals surface area (Å²) >= 11 is 0. The van der Waals surface area contributed by atoms with E-state index in [1.807, 2.05) is 6.92 Å². The second-order valence-corrected chi connectivity index (χ2v) is 5.24. The first-order valence-electron chi connectivity index (χ1n) is 7.32. The molecule has 2 rings (SSSR count). The van der Waals surface area contributed by atoms with Crippen LogP contribution in [-0.2, 0) is 16.6 Å². The van der Waals surface area contributed by atoms with Gasteiger partial charge in [0.15, 0.2) is 6.61 Å². The number of carbonyl (C=O) groups is 2. The summed E-state index contributed by atoms with van der Waals surface area (Å²) in [4.78, 5) is 23.6. The standard InChI is InChI=1S/C16H19FN4O3/c1-10-16(11(2)21(3)20-10)19-14(22)8-18-15(23)9-24-13-6-4-12(17)5-7-13/h4-7H,8-9H2,1-3H3,(H,18,23)(H,19,22). The van der Waals surface area contributed by atoms with E-state index in [0.717, 1.165) is 5.69 Å². The minimum atomic E-state index is -0.450. The number of ether oxygens (including phenoxy) is 1. The van der Waals surface area contributed by atoms with Gasteiger partial charge in [-0.05, 0) is 38.1 Å². The molecule has 1 heterocycles. The first-order valence-corrected chi connectivity index (χ1v) is 7.32. The van der Waals surface area contributed by atoms with Crippen molar-refractivity contribution in [3.63, 3.8) is 0 Å². The number of anilines is 1. The Balaban J connectivity index is 1.76. The van der Waals surface area contributed by atoms with Crippen molar-refractivity contribution in [2.75, 3.05) is 18.5 Å². The lowest BCUT2D eigenvalue weighted by molar-refractivity contribution is -0.125. The van der Waals surface area contributed by atoms with Crippen LogP contribution in [0.1, 0.15) is 11.4 Å². The van der Waals surface area contributed by atoms with Crippen LogP contribution in [0.25, 0.3) is 0 Å². The van der Waals surface area contributed by atoms with Crippen molar-refractivity contribution in [1.82, 2.24) is 15.1 Å². The first-order chi connectivity index (χ1) is 11.4. The molecule has 0 saturated heterocycles. The van der Waals surface area contributed by atoms with Gasteiger partial charge in [-0.1, -0.05) is 0 Å². The Hall–Kier alpha value is -2.90. The van der Waals surface area contributed by atoms with Crippen LogP contribution in [0.3, 0.4) is 0 Å². The number of rotatable bonds is 6. The topological polar surface area (TPSA) is 85.3 Å². The molecule has 2 N–H and O–H groups in total. The summed E-state index contributed by atoms with van der Waals surface area (Å²) in [5.41, 5.74) is 2.17. The summed E-state index contributed by atoms with van der Waals surface area (Å²) in [6, 6.07) is 5.31. The van der Waals surface area contributed by atoms with Crippen molar-refractivity contribution < 1.29 is 18.7 Å². The monoisotopic (exact) mass is 334 g/mol. The van der Waals surface area contributed by atoms with E-state index in [4.69, 9.17) is 4.74 Å². The highest BCUT2D eigenvalue weighted by atomic mass is 19.1. The number of benzene rings is 1. The fraction of sp³-hybridized carbons (Fsp3) is 0.312. The first kappa shape index (κ1) is 17.5. The third kappa shape index (κ3) is 4.55. The molecule has 0 aliphatic heterocycles. The number of nitrogens with one attached hydrogen (secondary N) is 2. The predicted octanol–water partition coefficient (Wildman–Crippen LogP) is 1.31. The summed E-state index contributed by atoms with van der Waals surface area (Å²) in [6.07, 6.45) is 0. The van der Waals surface area contributed by atoms with Crippen LogP contribution in [0, 0.1) is 19.7 Å². The molecule has 0 radical (unpaired) electrons. The van der Waals surface area contributed by atoms with E-state index < -0.39 is 5.91 Å². The van der Waals surface area contributed by atoms with Crippen LogP contribution in [0.4, 0.5) is 10.1 Å². The highest BCUT2D eigenvalue weighted by molar-refractivity contribution is 5.95. The zero-order valence-electron chi connectivity index (χ0n) is 13.7. The summed E-state index contributed by atoms with van der Waals surface area (Å²) < 4.78 is 19.6. The molecule has 1 aromatic heterocycles.